The van der Waals surface area contributed by atoms with Gasteiger partial charge < -0.3 is 5.11 Å². The van der Waals surface area contributed by atoms with Gasteiger partial charge in [0.15, 0.2) is 5.78 Å². The Morgan fingerprint density at radius 3 is 2.24 bits per heavy atom. The summed E-state index contributed by atoms with van der Waals surface area (Å²) in [6.45, 7) is 0. The second kappa shape index (κ2) is 10.3. The van der Waals surface area contributed by atoms with Gasteiger partial charge in [0.25, 0.3) is 0 Å². The predicted molar refractivity (Wildman–Crippen MR) is 124 cm³/mol. The van der Waals surface area contributed by atoms with E-state index in [2.05, 4.69) is 59.0 Å². The maximum absolute atomic E-state index is 12.4. The number of Topliss-reactive ketones (excluding diaryl/α,β-unsaturated/α-hetero) is 1. The number of carboxylic acids is 1. The molecule has 0 aliphatic heterocycles. The van der Waals surface area contributed by atoms with Crippen molar-refractivity contribution >= 4 is 34.3 Å². The number of halogens is 1. The average molecular weight is 498 g/mol. The number of aryl methyl sites for hydroxylation is 2. The van der Waals surface area contributed by atoms with Crippen LogP contribution in [-0.2, 0) is 17.6 Å². The minimum atomic E-state index is -0.947. The van der Waals surface area contributed by atoms with Gasteiger partial charge in [-0.15, -0.1) is 0 Å². The van der Waals surface area contributed by atoms with Crippen molar-refractivity contribution in [2.45, 2.75) is 32.1 Å². The molecule has 4 heteroatoms. The molecule has 29 heavy (non-hydrogen) atoms. The third kappa shape index (κ3) is 6.26. The topological polar surface area (TPSA) is 54.4 Å². The van der Waals surface area contributed by atoms with Crippen LogP contribution in [0, 0.1) is 3.57 Å². The normalized spacial score (nSPS) is 10.7. The number of carboxylic acid groups (broad SMARTS) is 1. The van der Waals surface area contributed by atoms with Gasteiger partial charge >= 0.3 is 5.97 Å². The fourth-order valence-corrected chi connectivity index (χ4v) is 3.74. The van der Waals surface area contributed by atoms with Crippen LogP contribution in [0.3, 0.4) is 0 Å². The maximum atomic E-state index is 12.4. The Balaban J connectivity index is 1.83. The van der Waals surface area contributed by atoms with Gasteiger partial charge in [0.05, 0.1) is 6.42 Å². The zero-order valence-electron chi connectivity index (χ0n) is 16.1. The predicted octanol–water partition coefficient (Wildman–Crippen LogP) is 6.18. The number of rotatable bonds is 9. The van der Waals surface area contributed by atoms with E-state index in [9.17, 15) is 9.59 Å². The summed E-state index contributed by atoms with van der Waals surface area (Å²) in [7, 11) is 0. The Morgan fingerprint density at radius 2 is 1.55 bits per heavy atom. The summed E-state index contributed by atoms with van der Waals surface area (Å²) in [6, 6.07) is 24.5. The van der Waals surface area contributed by atoms with Crippen molar-refractivity contribution in [2.24, 2.45) is 0 Å². The third-order valence-electron chi connectivity index (χ3n) is 4.90. The Hall–Kier alpha value is -2.47. The Morgan fingerprint density at radius 1 is 0.828 bits per heavy atom. The van der Waals surface area contributed by atoms with Crippen LogP contribution in [0.4, 0.5) is 0 Å². The first-order chi connectivity index (χ1) is 14.0. The summed E-state index contributed by atoms with van der Waals surface area (Å²) in [5, 5.41) is 8.85. The van der Waals surface area contributed by atoms with Gasteiger partial charge in [-0.3, -0.25) is 9.59 Å². The van der Waals surface area contributed by atoms with E-state index in [0.29, 0.717) is 5.56 Å². The zero-order chi connectivity index (χ0) is 20.6. The number of benzene rings is 3. The average Bonchev–Trinajstić information content (AvgIpc) is 2.73. The molecule has 0 atom stereocenters. The number of carbonyl (C=O) groups excluding carboxylic acids is 1. The van der Waals surface area contributed by atoms with E-state index in [1.54, 1.807) is 0 Å². The monoisotopic (exact) mass is 498 g/mol. The van der Waals surface area contributed by atoms with Gasteiger partial charge in [-0.1, -0.05) is 54.6 Å². The lowest BCUT2D eigenvalue weighted by molar-refractivity contribution is -0.136. The standard InChI is InChI=1S/C25H23IO3/c26-22-12-9-19(10-13-22)23-14-11-21(24(27)15-16-25(28)29)17-20(23)8-4-7-18-5-2-1-3-6-18/h1-3,5-6,9-14,17H,4,7-8,15-16H2,(H,28,29). The van der Waals surface area contributed by atoms with Crippen LogP contribution in [0.5, 0.6) is 0 Å². The Kier molecular flexibility index (Phi) is 7.58. The summed E-state index contributed by atoms with van der Waals surface area (Å²) < 4.78 is 1.18. The largest absolute Gasteiger partial charge is 0.481 e. The molecule has 0 fully saturated rings. The van der Waals surface area contributed by atoms with E-state index in [4.69, 9.17) is 5.11 Å². The number of hydrogen-bond donors (Lipinski definition) is 1. The van der Waals surface area contributed by atoms with E-state index in [1.807, 2.05) is 36.4 Å². The molecule has 0 unspecified atom stereocenters. The molecule has 0 amide bonds. The quantitative estimate of drug-likeness (QED) is 0.283. The van der Waals surface area contributed by atoms with E-state index in [-0.39, 0.29) is 18.6 Å². The van der Waals surface area contributed by atoms with Gasteiger partial charge in [0.1, 0.15) is 0 Å². The summed E-state index contributed by atoms with van der Waals surface area (Å²) in [6.07, 6.45) is 2.71. The van der Waals surface area contributed by atoms with Crippen molar-refractivity contribution < 1.29 is 14.7 Å². The first-order valence-corrected chi connectivity index (χ1v) is 10.8. The van der Waals surface area contributed by atoms with Crippen LogP contribution in [0.1, 0.15) is 40.7 Å². The first kappa shape index (κ1) is 21.2. The number of ketones is 1. The van der Waals surface area contributed by atoms with Crippen molar-refractivity contribution in [1.29, 1.82) is 0 Å². The highest BCUT2D eigenvalue weighted by molar-refractivity contribution is 14.1. The lowest BCUT2D eigenvalue weighted by Gasteiger charge is -2.13. The molecular weight excluding hydrogens is 475 g/mol. The fraction of sp³-hybridized carbons (Fsp3) is 0.200. The minimum Gasteiger partial charge on any atom is -0.481 e. The molecule has 1 N–H and O–H groups in total. The fourth-order valence-electron chi connectivity index (χ4n) is 3.38. The molecule has 3 rings (SSSR count). The van der Waals surface area contributed by atoms with Crippen molar-refractivity contribution in [2.75, 3.05) is 0 Å². The molecule has 0 saturated carbocycles. The van der Waals surface area contributed by atoms with Crippen LogP contribution in [0.25, 0.3) is 11.1 Å². The number of aliphatic carboxylic acids is 1. The third-order valence-corrected chi connectivity index (χ3v) is 5.62. The van der Waals surface area contributed by atoms with Crippen LogP contribution in [0.2, 0.25) is 0 Å². The Bertz CT molecular complexity index is 979. The van der Waals surface area contributed by atoms with Crippen molar-refractivity contribution in [3.63, 3.8) is 0 Å². The van der Waals surface area contributed by atoms with Crippen molar-refractivity contribution in [1.82, 2.24) is 0 Å². The smallest absolute Gasteiger partial charge is 0.303 e. The van der Waals surface area contributed by atoms with Crippen molar-refractivity contribution in [3.05, 3.63) is 93.1 Å². The van der Waals surface area contributed by atoms with Crippen LogP contribution < -0.4 is 0 Å². The lowest BCUT2D eigenvalue weighted by atomic mass is 9.92. The molecule has 0 radical (unpaired) electrons. The van der Waals surface area contributed by atoms with E-state index < -0.39 is 5.97 Å². The van der Waals surface area contributed by atoms with Gasteiger partial charge in [0.2, 0.25) is 0 Å². The highest BCUT2D eigenvalue weighted by atomic mass is 127. The van der Waals surface area contributed by atoms with Crippen LogP contribution in [0.15, 0.2) is 72.8 Å². The van der Waals surface area contributed by atoms with Crippen LogP contribution in [-0.4, -0.2) is 16.9 Å². The highest BCUT2D eigenvalue weighted by Crippen LogP contribution is 2.27. The highest BCUT2D eigenvalue weighted by Gasteiger charge is 2.13. The molecule has 0 heterocycles. The molecule has 3 aromatic carbocycles. The van der Waals surface area contributed by atoms with Crippen molar-refractivity contribution in [3.8, 4) is 11.1 Å². The van der Waals surface area contributed by atoms with Gasteiger partial charge in [-0.2, -0.15) is 0 Å². The van der Waals surface area contributed by atoms with E-state index in [0.717, 1.165) is 36.0 Å². The lowest BCUT2D eigenvalue weighted by Crippen LogP contribution is -2.05. The van der Waals surface area contributed by atoms with Gasteiger partial charge in [-0.05, 0) is 82.3 Å². The molecule has 0 saturated heterocycles. The molecular formula is C25H23IO3. The SMILES string of the molecule is O=C(O)CCC(=O)c1ccc(-c2ccc(I)cc2)c(CCCc2ccccc2)c1. The minimum absolute atomic E-state index is 0.0294. The molecule has 0 spiro atoms. The molecule has 0 aliphatic rings. The first-order valence-electron chi connectivity index (χ1n) is 9.71. The second-order valence-electron chi connectivity index (χ2n) is 7.03. The molecule has 3 aromatic rings. The second-order valence-corrected chi connectivity index (χ2v) is 8.28. The summed E-state index contributed by atoms with van der Waals surface area (Å²) >= 11 is 2.29. The summed E-state index contributed by atoms with van der Waals surface area (Å²) in [5.74, 6) is -1.07. The zero-order valence-corrected chi connectivity index (χ0v) is 18.3. The van der Waals surface area contributed by atoms with E-state index >= 15 is 0 Å². The molecule has 0 aliphatic carbocycles. The van der Waals surface area contributed by atoms with Gasteiger partial charge in [-0.25, -0.2) is 0 Å². The number of hydrogen-bond acceptors (Lipinski definition) is 2. The van der Waals surface area contributed by atoms with Crippen LogP contribution >= 0.6 is 22.6 Å². The molecule has 0 aromatic heterocycles. The maximum Gasteiger partial charge on any atom is 0.303 e. The van der Waals surface area contributed by atoms with E-state index in [1.165, 1.54) is 9.13 Å². The number of carbonyl (C=O) groups is 2. The van der Waals surface area contributed by atoms with Gasteiger partial charge in [0, 0.05) is 15.6 Å². The molecule has 148 valence electrons. The summed E-state index contributed by atoms with van der Waals surface area (Å²) in [5.41, 5.74) is 5.28. The summed E-state index contributed by atoms with van der Waals surface area (Å²) in [4.78, 5) is 23.2. The Labute approximate surface area is 184 Å². The molecule has 3 nitrogen and oxygen atoms in total. The molecule has 0 bridgehead atoms.